The van der Waals surface area contributed by atoms with Gasteiger partial charge in [-0.3, -0.25) is 4.99 Å². The summed E-state index contributed by atoms with van der Waals surface area (Å²) < 4.78 is 16.5. The molecule has 166 valence electrons. The van der Waals surface area contributed by atoms with Crippen molar-refractivity contribution in [2.75, 3.05) is 54.1 Å². The van der Waals surface area contributed by atoms with Crippen molar-refractivity contribution in [3.05, 3.63) is 23.8 Å². The zero-order valence-corrected chi connectivity index (χ0v) is 20.7. The number of hydrogen-bond acceptors (Lipinski definition) is 4. The molecule has 6 nitrogen and oxygen atoms in total. The Kier molecular flexibility index (Phi) is 13.1. The quantitative estimate of drug-likeness (QED) is 0.220. The Balaban J connectivity index is 0.00000420. The Morgan fingerprint density at radius 1 is 1.28 bits per heavy atom. The molecule has 2 rings (SSSR count). The van der Waals surface area contributed by atoms with Gasteiger partial charge in [0.2, 0.25) is 0 Å². The van der Waals surface area contributed by atoms with Crippen LogP contribution in [-0.4, -0.2) is 65.0 Å². The Bertz CT molecular complexity index is 607. The molecule has 0 atom stereocenters. The fourth-order valence-corrected chi connectivity index (χ4v) is 3.54. The first-order chi connectivity index (χ1) is 13.7. The van der Waals surface area contributed by atoms with Crippen molar-refractivity contribution >= 4 is 29.9 Å². The largest absolute Gasteiger partial charge is 0.493 e. The topological polar surface area (TPSA) is 55.3 Å². The maximum Gasteiger partial charge on any atom is 0.193 e. The van der Waals surface area contributed by atoms with E-state index in [1.54, 1.807) is 7.11 Å². The van der Waals surface area contributed by atoms with Gasteiger partial charge < -0.3 is 24.4 Å². The van der Waals surface area contributed by atoms with Gasteiger partial charge >= 0.3 is 0 Å². The number of aliphatic imine (C=N–C) groups is 1. The Hall–Kier alpha value is -1.22. The molecule has 1 saturated heterocycles. The van der Waals surface area contributed by atoms with E-state index >= 15 is 0 Å². The summed E-state index contributed by atoms with van der Waals surface area (Å²) in [5, 5.41) is 3.48. The van der Waals surface area contributed by atoms with Gasteiger partial charge in [0.1, 0.15) is 0 Å². The van der Waals surface area contributed by atoms with Crippen LogP contribution >= 0.6 is 24.0 Å². The van der Waals surface area contributed by atoms with E-state index in [9.17, 15) is 0 Å². The van der Waals surface area contributed by atoms with Gasteiger partial charge in [-0.2, -0.15) is 0 Å². The maximum atomic E-state index is 5.66. The van der Waals surface area contributed by atoms with E-state index in [-0.39, 0.29) is 24.0 Å². The molecule has 1 fully saturated rings. The zero-order chi connectivity index (χ0) is 20.2. The number of nitrogens with one attached hydrogen (secondary N) is 1. The molecule has 1 aliphatic rings. The monoisotopic (exact) mass is 519 g/mol. The number of rotatable bonds is 10. The molecule has 0 saturated carbocycles. The molecule has 1 N–H and O–H groups in total. The number of hydrogen-bond donors (Lipinski definition) is 1. The molecule has 1 heterocycles. The minimum Gasteiger partial charge on any atom is -0.493 e. The van der Waals surface area contributed by atoms with Crippen molar-refractivity contribution in [2.45, 2.75) is 39.0 Å². The van der Waals surface area contributed by atoms with Crippen LogP contribution in [0.2, 0.25) is 0 Å². The molecule has 0 spiro atoms. The van der Waals surface area contributed by atoms with E-state index in [2.05, 4.69) is 34.4 Å². The Labute approximate surface area is 193 Å². The highest BCUT2D eigenvalue weighted by atomic mass is 127. The smallest absolute Gasteiger partial charge is 0.193 e. The molecule has 1 aromatic rings. The fraction of sp³-hybridized carbons (Fsp3) is 0.682. The molecule has 1 aliphatic heterocycles. The first kappa shape index (κ1) is 25.8. The van der Waals surface area contributed by atoms with Gasteiger partial charge in [-0.05, 0) is 62.6 Å². The third-order valence-electron chi connectivity index (χ3n) is 5.24. The van der Waals surface area contributed by atoms with Crippen molar-refractivity contribution < 1.29 is 14.2 Å². The summed E-state index contributed by atoms with van der Waals surface area (Å²) in [6.07, 6.45) is 5.59. The Morgan fingerprint density at radius 2 is 2.03 bits per heavy atom. The van der Waals surface area contributed by atoms with Gasteiger partial charge in [0.25, 0.3) is 0 Å². The number of methoxy groups -OCH3 is 1. The average Bonchev–Trinajstić information content (AvgIpc) is 2.73. The number of halogens is 1. The van der Waals surface area contributed by atoms with E-state index in [1.807, 2.05) is 20.0 Å². The Morgan fingerprint density at radius 3 is 2.69 bits per heavy atom. The van der Waals surface area contributed by atoms with Crippen LogP contribution in [0, 0.1) is 5.92 Å². The lowest BCUT2D eigenvalue weighted by Crippen LogP contribution is -2.40. The van der Waals surface area contributed by atoms with E-state index in [0.717, 1.165) is 62.5 Å². The van der Waals surface area contributed by atoms with Gasteiger partial charge in [-0.15, -0.1) is 24.0 Å². The number of ether oxygens (including phenoxy) is 3. The van der Waals surface area contributed by atoms with Gasteiger partial charge in [-0.25, -0.2) is 0 Å². The molecule has 0 amide bonds. The normalized spacial score (nSPS) is 14.8. The molecular weight excluding hydrogens is 481 g/mol. The number of benzene rings is 1. The van der Waals surface area contributed by atoms with Crippen molar-refractivity contribution in [3.8, 4) is 11.5 Å². The summed E-state index contributed by atoms with van der Waals surface area (Å²) in [5.74, 6) is 3.36. The van der Waals surface area contributed by atoms with Crippen LogP contribution in [0.15, 0.2) is 23.2 Å². The lowest BCUT2D eigenvalue weighted by atomic mass is 9.96. The molecule has 29 heavy (non-hydrogen) atoms. The molecule has 0 unspecified atom stereocenters. The first-order valence-corrected chi connectivity index (χ1v) is 10.5. The molecule has 0 radical (unpaired) electrons. The van der Waals surface area contributed by atoms with E-state index in [0.29, 0.717) is 6.61 Å². The van der Waals surface area contributed by atoms with Crippen molar-refractivity contribution in [1.82, 2.24) is 10.2 Å². The van der Waals surface area contributed by atoms with Crippen LogP contribution in [-0.2, 0) is 11.2 Å². The number of aryl methyl sites for hydroxylation is 1. The second kappa shape index (κ2) is 14.7. The first-order valence-electron chi connectivity index (χ1n) is 10.5. The summed E-state index contributed by atoms with van der Waals surface area (Å²) in [6.45, 7) is 6.37. The number of nitrogens with zero attached hydrogens (tertiary/aromatic N) is 2. The van der Waals surface area contributed by atoms with Crippen molar-refractivity contribution in [3.63, 3.8) is 0 Å². The molecule has 1 aromatic carbocycles. The van der Waals surface area contributed by atoms with Gasteiger partial charge in [0, 0.05) is 40.4 Å². The second-order valence-electron chi connectivity index (χ2n) is 7.26. The van der Waals surface area contributed by atoms with Crippen LogP contribution in [0.1, 0.15) is 38.2 Å². The molecule has 7 heteroatoms. The highest BCUT2D eigenvalue weighted by Crippen LogP contribution is 2.28. The predicted octanol–water partition coefficient (Wildman–Crippen LogP) is 3.97. The lowest BCUT2D eigenvalue weighted by Gasteiger charge is -2.26. The highest BCUT2D eigenvalue weighted by Gasteiger charge is 2.15. The van der Waals surface area contributed by atoms with Gasteiger partial charge in [0.05, 0.1) is 13.7 Å². The van der Waals surface area contributed by atoms with Crippen LogP contribution in [0.5, 0.6) is 11.5 Å². The highest BCUT2D eigenvalue weighted by molar-refractivity contribution is 14.0. The molecule has 0 bridgehead atoms. The third-order valence-corrected chi connectivity index (χ3v) is 5.24. The SMILES string of the molecule is CCOc1cc(CCCNC(=NC)N(C)CCC2CCOCC2)ccc1OC.I. The van der Waals surface area contributed by atoms with Crippen LogP contribution in [0.3, 0.4) is 0 Å². The standard InChI is InChI=1S/C22H37N3O3.HI/c1-5-28-21-17-19(8-9-20(21)26-4)7-6-13-24-22(23-2)25(3)14-10-18-11-15-27-16-12-18;/h8-9,17-18H,5-7,10-16H2,1-4H3,(H,23,24);1H. The minimum absolute atomic E-state index is 0. The zero-order valence-electron chi connectivity index (χ0n) is 18.4. The minimum atomic E-state index is 0. The summed E-state index contributed by atoms with van der Waals surface area (Å²) in [7, 11) is 5.64. The summed E-state index contributed by atoms with van der Waals surface area (Å²) in [5.41, 5.74) is 1.26. The summed E-state index contributed by atoms with van der Waals surface area (Å²) in [6, 6.07) is 6.17. The molecule has 0 aliphatic carbocycles. The summed E-state index contributed by atoms with van der Waals surface area (Å²) >= 11 is 0. The molecule has 0 aromatic heterocycles. The number of guanidine groups is 1. The van der Waals surface area contributed by atoms with Gasteiger partial charge in [-0.1, -0.05) is 6.07 Å². The van der Waals surface area contributed by atoms with Crippen LogP contribution in [0.4, 0.5) is 0 Å². The van der Waals surface area contributed by atoms with E-state index in [1.165, 1.54) is 24.8 Å². The average molecular weight is 519 g/mol. The van der Waals surface area contributed by atoms with E-state index < -0.39 is 0 Å². The van der Waals surface area contributed by atoms with Crippen molar-refractivity contribution in [1.29, 1.82) is 0 Å². The second-order valence-corrected chi connectivity index (χ2v) is 7.26. The van der Waals surface area contributed by atoms with Crippen LogP contribution in [0.25, 0.3) is 0 Å². The van der Waals surface area contributed by atoms with Crippen LogP contribution < -0.4 is 14.8 Å². The fourth-order valence-electron chi connectivity index (χ4n) is 3.54. The predicted molar refractivity (Wildman–Crippen MR) is 130 cm³/mol. The maximum absolute atomic E-state index is 5.66. The lowest BCUT2D eigenvalue weighted by molar-refractivity contribution is 0.0625. The third kappa shape index (κ3) is 8.99. The molecular formula is C22H38IN3O3. The van der Waals surface area contributed by atoms with Crippen molar-refractivity contribution in [2.24, 2.45) is 10.9 Å². The van der Waals surface area contributed by atoms with E-state index in [4.69, 9.17) is 14.2 Å². The summed E-state index contributed by atoms with van der Waals surface area (Å²) in [4.78, 5) is 6.66. The van der Waals surface area contributed by atoms with Gasteiger partial charge in [0.15, 0.2) is 17.5 Å².